The van der Waals surface area contributed by atoms with Crippen LogP contribution in [0.4, 0.5) is 4.79 Å². The minimum Gasteiger partial charge on any atom is -0.410 e. The second-order valence-corrected chi connectivity index (χ2v) is 7.93. The summed E-state index contributed by atoms with van der Waals surface area (Å²) in [5.41, 5.74) is 0. The summed E-state index contributed by atoms with van der Waals surface area (Å²) in [5.74, 6) is 0.511. The molecule has 1 amide bonds. The predicted molar refractivity (Wildman–Crippen MR) is 114 cm³/mol. The van der Waals surface area contributed by atoms with Crippen molar-refractivity contribution in [3.8, 4) is 5.75 Å². The van der Waals surface area contributed by atoms with Gasteiger partial charge in [0.1, 0.15) is 5.75 Å². The highest BCUT2D eigenvalue weighted by Gasteiger charge is 2.27. The first-order valence-electron chi connectivity index (χ1n) is 10.1. The molecule has 2 rings (SSSR count). The van der Waals surface area contributed by atoms with E-state index in [1.54, 1.807) is 29.2 Å². The van der Waals surface area contributed by atoms with Crippen molar-refractivity contribution in [3.05, 3.63) is 41.9 Å². The molecule has 1 aliphatic rings. The lowest BCUT2D eigenvalue weighted by Gasteiger charge is -2.34. The number of carbonyl (C=O) groups excluding carboxylic acids is 1. The third kappa shape index (κ3) is 7.82. The van der Waals surface area contributed by atoms with E-state index in [1.165, 1.54) is 0 Å². The molecule has 0 N–H and O–H groups in total. The molecule has 0 radical (unpaired) electrons. The molecule has 156 valence electrons. The molecule has 1 aliphatic carbocycles. The minimum atomic E-state index is -0.324. The van der Waals surface area contributed by atoms with Gasteiger partial charge in [0.25, 0.3) is 0 Å². The van der Waals surface area contributed by atoms with Crippen molar-refractivity contribution in [1.29, 1.82) is 0 Å². The topological polar surface area (TPSA) is 42.0 Å². The molecule has 0 heterocycles. The van der Waals surface area contributed by atoms with E-state index >= 15 is 0 Å². The highest BCUT2D eigenvalue weighted by Crippen LogP contribution is 2.25. The van der Waals surface area contributed by atoms with Crippen molar-refractivity contribution in [1.82, 2.24) is 9.80 Å². The number of carbonyl (C=O) groups is 1. The van der Waals surface area contributed by atoms with Gasteiger partial charge >= 0.3 is 6.09 Å². The summed E-state index contributed by atoms with van der Waals surface area (Å²) in [6.07, 6.45) is 7.99. The number of amides is 1. The first kappa shape index (κ1) is 22.7. The number of nitrogens with zero attached hydrogens (tertiary/aromatic N) is 2. The van der Waals surface area contributed by atoms with Gasteiger partial charge < -0.3 is 19.3 Å². The molecule has 6 heteroatoms. The van der Waals surface area contributed by atoms with Gasteiger partial charge in [-0.15, -0.1) is 6.58 Å². The number of rotatable bonds is 10. The molecule has 0 aromatic heterocycles. The summed E-state index contributed by atoms with van der Waals surface area (Å²) in [6.45, 7) is 6.57. The average Bonchev–Trinajstić information content (AvgIpc) is 2.69. The van der Waals surface area contributed by atoms with Crippen LogP contribution in [0.1, 0.15) is 38.5 Å². The van der Waals surface area contributed by atoms with Crippen molar-refractivity contribution >= 4 is 17.7 Å². The van der Waals surface area contributed by atoms with E-state index in [4.69, 9.17) is 21.1 Å². The summed E-state index contributed by atoms with van der Waals surface area (Å²) >= 11 is 5.86. The number of ether oxygens (including phenoxy) is 2. The maximum absolute atomic E-state index is 12.4. The Morgan fingerprint density at radius 3 is 2.50 bits per heavy atom. The van der Waals surface area contributed by atoms with Crippen molar-refractivity contribution in [2.45, 2.75) is 50.7 Å². The Kier molecular flexibility index (Phi) is 9.82. The Morgan fingerprint density at radius 1 is 1.18 bits per heavy atom. The van der Waals surface area contributed by atoms with Crippen LogP contribution >= 0.6 is 11.6 Å². The first-order chi connectivity index (χ1) is 13.5. The summed E-state index contributed by atoms with van der Waals surface area (Å²) in [6, 6.07) is 7.03. The zero-order valence-corrected chi connectivity index (χ0v) is 17.9. The highest BCUT2D eigenvalue weighted by molar-refractivity contribution is 6.30. The smallest absolute Gasteiger partial charge is 0.410 e. The highest BCUT2D eigenvalue weighted by atomic mass is 35.5. The minimum absolute atomic E-state index is 0.201. The molecule has 1 saturated carbocycles. The molecular formula is C22H33ClN2O3. The number of hydrogen-bond acceptors (Lipinski definition) is 4. The molecule has 1 fully saturated rings. The molecular weight excluding hydrogens is 376 g/mol. The van der Waals surface area contributed by atoms with Crippen molar-refractivity contribution in [3.63, 3.8) is 0 Å². The third-order valence-corrected chi connectivity index (χ3v) is 5.48. The van der Waals surface area contributed by atoms with E-state index in [2.05, 4.69) is 18.5 Å². The van der Waals surface area contributed by atoms with Gasteiger partial charge in [-0.3, -0.25) is 0 Å². The van der Waals surface area contributed by atoms with Gasteiger partial charge in [-0.05, 0) is 76.4 Å². The second kappa shape index (κ2) is 12.1. The van der Waals surface area contributed by atoms with Gasteiger partial charge in [0.15, 0.2) is 0 Å². The van der Waals surface area contributed by atoms with Crippen LogP contribution in [0.25, 0.3) is 0 Å². The fourth-order valence-corrected chi connectivity index (χ4v) is 3.60. The van der Waals surface area contributed by atoms with Crippen molar-refractivity contribution in [2.24, 2.45) is 0 Å². The van der Waals surface area contributed by atoms with Crippen LogP contribution in [-0.4, -0.2) is 61.8 Å². The van der Waals surface area contributed by atoms with Crippen LogP contribution in [0.2, 0.25) is 5.02 Å². The molecule has 0 bridgehead atoms. The van der Waals surface area contributed by atoms with Gasteiger partial charge in [-0.1, -0.05) is 17.7 Å². The maximum Gasteiger partial charge on any atom is 0.415 e. The van der Waals surface area contributed by atoms with Crippen LogP contribution in [0, 0.1) is 0 Å². The third-order valence-electron chi connectivity index (χ3n) is 5.23. The fourth-order valence-electron chi connectivity index (χ4n) is 3.47. The lowest BCUT2D eigenvalue weighted by Crippen LogP contribution is -2.42. The standard InChI is InChI=1S/C22H33ClN2O3/c1-4-15-24(2)16-5-6-17-27-20-13-9-19(10-14-20)25(3)22(26)28-21-11-7-18(23)8-12-21/h4,7-8,11-12,19-20H,1,5-6,9-10,13-17H2,2-3H3/t19-,20-. The SMILES string of the molecule is C=CCN(C)CCCCO[C@H]1CC[C@H](N(C)C(=O)Oc2ccc(Cl)cc2)CC1. The number of unbranched alkanes of at least 4 members (excludes halogenated alkanes) is 1. The molecule has 0 saturated heterocycles. The Balaban J connectivity index is 1.62. The number of halogens is 1. The quantitative estimate of drug-likeness (QED) is 0.403. The Labute approximate surface area is 174 Å². The normalized spacial score (nSPS) is 19.4. The number of likely N-dealkylation sites (N-methyl/N-ethyl adjacent to an activating group) is 1. The molecule has 1 aromatic carbocycles. The van der Waals surface area contributed by atoms with E-state index in [0.29, 0.717) is 16.9 Å². The van der Waals surface area contributed by atoms with Crippen LogP contribution in [0.5, 0.6) is 5.75 Å². The van der Waals surface area contributed by atoms with E-state index in [9.17, 15) is 4.79 Å². The van der Waals surface area contributed by atoms with Gasteiger partial charge in [-0.25, -0.2) is 4.79 Å². The number of benzene rings is 1. The van der Waals surface area contributed by atoms with E-state index < -0.39 is 0 Å². The molecule has 5 nitrogen and oxygen atoms in total. The Bertz CT molecular complexity index is 600. The van der Waals surface area contributed by atoms with E-state index in [0.717, 1.165) is 58.2 Å². The first-order valence-corrected chi connectivity index (χ1v) is 10.5. The van der Waals surface area contributed by atoms with Crippen LogP contribution in [0.15, 0.2) is 36.9 Å². The van der Waals surface area contributed by atoms with Gasteiger partial charge in [0.2, 0.25) is 0 Å². The molecule has 0 spiro atoms. The summed E-state index contributed by atoms with van der Waals surface area (Å²) < 4.78 is 11.5. The van der Waals surface area contributed by atoms with E-state index in [1.807, 2.05) is 13.1 Å². The van der Waals surface area contributed by atoms with Crippen LogP contribution < -0.4 is 4.74 Å². The molecule has 1 aromatic rings. The van der Waals surface area contributed by atoms with Crippen molar-refractivity contribution in [2.75, 3.05) is 33.8 Å². The zero-order chi connectivity index (χ0) is 20.4. The summed E-state index contributed by atoms with van der Waals surface area (Å²) in [7, 11) is 3.92. The summed E-state index contributed by atoms with van der Waals surface area (Å²) in [5, 5.41) is 0.621. The monoisotopic (exact) mass is 408 g/mol. The zero-order valence-electron chi connectivity index (χ0n) is 17.1. The maximum atomic E-state index is 12.4. The van der Waals surface area contributed by atoms with Crippen LogP contribution in [0.3, 0.4) is 0 Å². The molecule has 0 unspecified atom stereocenters. The average molecular weight is 409 g/mol. The van der Waals surface area contributed by atoms with Gasteiger partial charge in [0.05, 0.1) is 6.10 Å². The summed E-state index contributed by atoms with van der Waals surface area (Å²) in [4.78, 5) is 16.3. The Hall–Kier alpha value is -1.56. The second-order valence-electron chi connectivity index (χ2n) is 7.49. The number of hydrogen-bond donors (Lipinski definition) is 0. The van der Waals surface area contributed by atoms with Gasteiger partial charge in [-0.2, -0.15) is 0 Å². The molecule has 28 heavy (non-hydrogen) atoms. The van der Waals surface area contributed by atoms with Crippen molar-refractivity contribution < 1.29 is 14.3 Å². The lowest BCUT2D eigenvalue weighted by molar-refractivity contribution is 0.0101. The fraction of sp³-hybridized carbons (Fsp3) is 0.591. The van der Waals surface area contributed by atoms with Crippen LogP contribution in [-0.2, 0) is 4.74 Å². The Morgan fingerprint density at radius 2 is 1.86 bits per heavy atom. The lowest BCUT2D eigenvalue weighted by atomic mass is 9.92. The predicted octanol–water partition coefficient (Wildman–Crippen LogP) is 5.00. The largest absolute Gasteiger partial charge is 0.415 e. The van der Waals surface area contributed by atoms with E-state index in [-0.39, 0.29) is 12.1 Å². The molecule has 0 aliphatic heterocycles. The van der Waals surface area contributed by atoms with Gasteiger partial charge in [0, 0.05) is 31.3 Å². The molecule has 0 atom stereocenters.